The smallest absolute Gasteiger partial charge is 0.123 e. The molecular formula is C10H18N2. The van der Waals surface area contributed by atoms with Crippen molar-refractivity contribution in [3.8, 4) is 0 Å². The highest BCUT2D eigenvalue weighted by Gasteiger charge is 1.90. The van der Waals surface area contributed by atoms with Crippen LogP contribution < -0.4 is 5.73 Å². The van der Waals surface area contributed by atoms with Crippen LogP contribution in [0, 0.1) is 0 Å². The standard InChI is InChI=1S/C8H12N2.C2H6/c1-2-4-7-5-3-6-8(9)10-7;1-2/h3,5-6H,2,4H2,1H3,(H2,9,10);1-2H3. The molecule has 0 saturated carbocycles. The normalized spacial score (nSPS) is 8.58. The number of aryl methyl sites for hydroxylation is 1. The first kappa shape index (κ1) is 11.0. The maximum absolute atomic E-state index is 5.48. The Hall–Kier alpha value is -1.05. The number of aromatic nitrogens is 1. The molecule has 0 amide bonds. The molecule has 12 heavy (non-hydrogen) atoms. The van der Waals surface area contributed by atoms with E-state index in [4.69, 9.17) is 5.73 Å². The van der Waals surface area contributed by atoms with E-state index < -0.39 is 0 Å². The monoisotopic (exact) mass is 166 g/mol. The fourth-order valence-corrected chi connectivity index (χ4v) is 0.894. The first-order chi connectivity index (χ1) is 5.83. The molecule has 0 saturated heterocycles. The molecule has 0 atom stereocenters. The van der Waals surface area contributed by atoms with Gasteiger partial charge in [-0.3, -0.25) is 0 Å². The number of anilines is 1. The van der Waals surface area contributed by atoms with E-state index >= 15 is 0 Å². The van der Waals surface area contributed by atoms with E-state index in [0.29, 0.717) is 5.82 Å². The summed E-state index contributed by atoms with van der Waals surface area (Å²) in [5, 5.41) is 0. The van der Waals surface area contributed by atoms with Crippen molar-refractivity contribution in [1.82, 2.24) is 4.98 Å². The van der Waals surface area contributed by atoms with Gasteiger partial charge in [-0.25, -0.2) is 4.98 Å². The average Bonchev–Trinajstić information content (AvgIpc) is 2.09. The lowest BCUT2D eigenvalue weighted by molar-refractivity contribution is 0.885. The number of nitrogens with two attached hydrogens (primary N) is 1. The summed E-state index contributed by atoms with van der Waals surface area (Å²) in [6.45, 7) is 6.13. The topological polar surface area (TPSA) is 38.9 Å². The largest absolute Gasteiger partial charge is 0.384 e. The van der Waals surface area contributed by atoms with Crippen LogP contribution in [-0.2, 0) is 6.42 Å². The Morgan fingerprint density at radius 2 is 2.00 bits per heavy atom. The van der Waals surface area contributed by atoms with Crippen LogP contribution in [0.3, 0.4) is 0 Å². The van der Waals surface area contributed by atoms with Crippen LogP contribution in [0.15, 0.2) is 18.2 Å². The summed E-state index contributed by atoms with van der Waals surface area (Å²) in [5.41, 5.74) is 6.56. The molecular weight excluding hydrogens is 148 g/mol. The number of rotatable bonds is 2. The number of nitrogens with zero attached hydrogens (tertiary/aromatic N) is 1. The lowest BCUT2D eigenvalue weighted by atomic mass is 10.2. The van der Waals surface area contributed by atoms with Crippen molar-refractivity contribution in [1.29, 1.82) is 0 Å². The van der Waals surface area contributed by atoms with Gasteiger partial charge in [0.05, 0.1) is 0 Å². The summed E-state index contributed by atoms with van der Waals surface area (Å²) in [7, 11) is 0. The minimum Gasteiger partial charge on any atom is -0.384 e. The number of hydrogen-bond donors (Lipinski definition) is 1. The highest BCUT2D eigenvalue weighted by atomic mass is 14.8. The molecule has 0 aliphatic heterocycles. The molecule has 1 aromatic heterocycles. The molecule has 0 spiro atoms. The molecule has 0 radical (unpaired) electrons. The fourth-order valence-electron chi connectivity index (χ4n) is 0.894. The molecule has 2 nitrogen and oxygen atoms in total. The van der Waals surface area contributed by atoms with Crippen molar-refractivity contribution in [2.45, 2.75) is 33.6 Å². The highest BCUT2D eigenvalue weighted by molar-refractivity contribution is 5.28. The quantitative estimate of drug-likeness (QED) is 0.733. The van der Waals surface area contributed by atoms with Gasteiger partial charge in [0.15, 0.2) is 0 Å². The Morgan fingerprint density at radius 1 is 1.33 bits per heavy atom. The SMILES string of the molecule is CC.CCCc1cccc(N)n1. The van der Waals surface area contributed by atoms with Crippen LogP contribution in [0.4, 0.5) is 5.82 Å². The van der Waals surface area contributed by atoms with Gasteiger partial charge in [0.25, 0.3) is 0 Å². The van der Waals surface area contributed by atoms with Gasteiger partial charge in [0, 0.05) is 5.69 Å². The van der Waals surface area contributed by atoms with E-state index in [1.165, 1.54) is 0 Å². The molecule has 68 valence electrons. The Labute approximate surface area is 74.8 Å². The first-order valence-electron chi connectivity index (χ1n) is 4.54. The highest BCUT2D eigenvalue weighted by Crippen LogP contribution is 2.02. The van der Waals surface area contributed by atoms with Crippen LogP contribution in [0.2, 0.25) is 0 Å². The minimum absolute atomic E-state index is 0.617. The molecule has 0 aliphatic carbocycles. The van der Waals surface area contributed by atoms with Crippen LogP contribution in [-0.4, -0.2) is 4.98 Å². The van der Waals surface area contributed by atoms with Gasteiger partial charge < -0.3 is 5.73 Å². The van der Waals surface area contributed by atoms with Crippen molar-refractivity contribution in [2.24, 2.45) is 0 Å². The predicted molar refractivity (Wildman–Crippen MR) is 54.0 cm³/mol. The maximum atomic E-state index is 5.48. The van der Waals surface area contributed by atoms with E-state index in [9.17, 15) is 0 Å². The molecule has 2 N–H and O–H groups in total. The van der Waals surface area contributed by atoms with Crippen molar-refractivity contribution >= 4 is 5.82 Å². The maximum Gasteiger partial charge on any atom is 0.123 e. The summed E-state index contributed by atoms with van der Waals surface area (Å²) >= 11 is 0. The van der Waals surface area contributed by atoms with Gasteiger partial charge in [-0.15, -0.1) is 0 Å². The van der Waals surface area contributed by atoms with Gasteiger partial charge in [0.1, 0.15) is 5.82 Å². The minimum atomic E-state index is 0.617. The molecule has 0 fully saturated rings. The third-order valence-electron chi connectivity index (χ3n) is 1.33. The van der Waals surface area contributed by atoms with Gasteiger partial charge in [-0.2, -0.15) is 0 Å². The first-order valence-corrected chi connectivity index (χ1v) is 4.54. The third-order valence-corrected chi connectivity index (χ3v) is 1.33. The Morgan fingerprint density at radius 3 is 2.50 bits per heavy atom. The zero-order valence-electron chi connectivity index (χ0n) is 8.17. The average molecular weight is 166 g/mol. The van der Waals surface area contributed by atoms with E-state index in [2.05, 4.69) is 11.9 Å². The second-order valence-electron chi connectivity index (χ2n) is 2.30. The molecule has 1 aromatic rings. The van der Waals surface area contributed by atoms with E-state index in [0.717, 1.165) is 18.5 Å². The fraction of sp³-hybridized carbons (Fsp3) is 0.500. The summed E-state index contributed by atoms with van der Waals surface area (Å²) in [6, 6.07) is 5.74. The number of nitrogen functional groups attached to an aromatic ring is 1. The van der Waals surface area contributed by atoms with E-state index in [1.54, 1.807) is 6.07 Å². The summed E-state index contributed by atoms with van der Waals surface area (Å²) < 4.78 is 0. The van der Waals surface area contributed by atoms with Crippen molar-refractivity contribution in [2.75, 3.05) is 5.73 Å². The molecule has 1 rings (SSSR count). The number of pyridine rings is 1. The van der Waals surface area contributed by atoms with E-state index in [-0.39, 0.29) is 0 Å². The van der Waals surface area contributed by atoms with Crippen molar-refractivity contribution in [3.05, 3.63) is 23.9 Å². The molecule has 1 heterocycles. The van der Waals surface area contributed by atoms with Gasteiger partial charge >= 0.3 is 0 Å². The van der Waals surface area contributed by atoms with E-state index in [1.807, 2.05) is 26.0 Å². The molecule has 0 bridgehead atoms. The predicted octanol–water partition coefficient (Wildman–Crippen LogP) is 2.64. The number of hydrogen-bond acceptors (Lipinski definition) is 2. The van der Waals surface area contributed by atoms with Crippen LogP contribution in [0.25, 0.3) is 0 Å². The molecule has 0 aromatic carbocycles. The molecule has 0 aliphatic rings. The molecule has 2 heteroatoms. The third kappa shape index (κ3) is 3.96. The van der Waals surface area contributed by atoms with Gasteiger partial charge in [0.2, 0.25) is 0 Å². The van der Waals surface area contributed by atoms with Crippen molar-refractivity contribution < 1.29 is 0 Å². The van der Waals surface area contributed by atoms with Crippen LogP contribution in [0.1, 0.15) is 32.9 Å². The van der Waals surface area contributed by atoms with Crippen molar-refractivity contribution in [3.63, 3.8) is 0 Å². The van der Waals surface area contributed by atoms with Crippen LogP contribution in [0.5, 0.6) is 0 Å². The second kappa shape index (κ2) is 6.65. The zero-order valence-corrected chi connectivity index (χ0v) is 8.17. The summed E-state index contributed by atoms with van der Waals surface area (Å²) in [4.78, 5) is 4.14. The second-order valence-corrected chi connectivity index (χ2v) is 2.30. The Balaban J connectivity index is 0.000000561. The zero-order chi connectivity index (χ0) is 9.40. The summed E-state index contributed by atoms with van der Waals surface area (Å²) in [5.74, 6) is 0.617. The lowest BCUT2D eigenvalue weighted by Gasteiger charge is -1.96. The van der Waals surface area contributed by atoms with Gasteiger partial charge in [-0.1, -0.05) is 33.3 Å². The van der Waals surface area contributed by atoms with Gasteiger partial charge in [-0.05, 0) is 18.6 Å². The van der Waals surface area contributed by atoms with Crippen LogP contribution >= 0.6 is 0 Å². The lowest BCUT2D eigenvalue weighted by Crippen LogP contribution is -1.93. The Bertz CT molecular complexity index is 209. The Kier molecular flexibility index (Phi) is 6.07. The summed E-state index contributed by atoms with van der Waals surface area (Å²) in [6.07, 6.45) is 2.14. The molecule has 0 unspecified atom stereocenters.